The molecule has 1 saturated carbocycles. The number of amides is 1. The van der Waals surface area contributed by atoms with Crippen molar-refractivity contribution in [2.75, 3.05) is 13.7 Å². The normalized spacial score (nSPS) is 14.4. The number of hydrogen-bond donors (Lipinski definition) is 2. The number of halogens is 1. The minimum Gasteiger partial charge on any atom is -0.493 e. The Morgan fingerprint density at radius 3 is 2.77 bits per heavy atom. The van der Waals surface area contributed by atoms with Crippen molar-refractivity contribution in [1.82, 2.24) is 15.3 Å². The number of rotatable bonds is 6. The highest BCUT2D eigenvalue weighted by molar-refractivity contribution is 9.10. The van der Waals surface area contributed by atoms with Gasteiger partial charge in [0, 0.05) is 11.6 Å². The van der Waals surface area contributed by atoms with Crippen LogP contribution in [0.1, 0.15) is 32.1 Å². The maximum Gasteiger partial charge on any atom is 0.259 e. The van der Waals surface area contributed by atoms with E-state index in [9.17, 15) is 9.59 Å². The second-order valence-corrected chi connectivity index (χ2v) is 8.47. The number of carbonyl (C=O) groups is 1. The average Bonchev–Trinajstić information content (AvgIpc) is 2.78. The van der Waals surface area contributed by atoms with E-state index in [4.69, 9.17) is 9.47 Å². The Balaban J connectivity index is 1.54. The fraction of sp³-hybridized carbons (Fsp3) is 0.348. The van der Waals surface area contributed by atoms with Crippen molar-refractivity contribution in [2.24, 2.45) is 0 Å². The molecule has 8 heteroatoms. The van der Waals surface area contributed by atoms with Crippen molar-refractivity contribution in [3.05, 3.63) is 51.2 Å². The first kappa shape index (κ1) is 21.4. The summed E-state index contributed by atoms with van der Waals surface area (Å²) in [6, 6.07) is 10.9. The van der Waals surface area contributed by atoms with Crippen LogP contribution in [-0.2, 0) is 4.79 Å². The number of aromatic nitrogens is 2. The molecule has 162 valence electrons. The quantitative estimate of drug-likeness (QED) is 0.545. The number of carbonyl (C=O) groups excluding carboxylic acids is 1. The van der Waals surface area contributed by atoms with Gasteiger partial charge in [0.1, 0.15) is 5.82 Å². The number of benzene rings is 2. The Hall–Kier alpha value is -2.87. The van der Waals surface area contributed by atoms with Gasteiger partial charge in [-0.25, -0.2) is 4.98 Å². The maximum atomic E-state index is 12.4. The number of fused-ring (bicyclic) bond motifs is 1. The van der Waals surface area contributed by atoms with Crippen LogP contribution in [0, 0.1) is 0 Å². The summed E-state index contributed by atoms with van der Waals surface area (Å²) in [6.45, 7) is -0.101. The Morgan fingerprint density at radius 2 is 2.00 bits per heavy atom. The molecule has 0 aliphatic heterocycles. The van der Waals surface area contributed by atoms with E-state index in [-0.39, 0.29) is 24.1 Å². The topological polar surface area (TPSA) is 93.3 Å². The largest absolute Gasteiger partial charge is 0.493 e. The molecular formula is C23H24BrN3O4. The van der Waals surface area contributed by atoms with Gasteiger partial charge in [-0.3, -0.25) is 9.59 Å². The Bertz CT molecular complexity index is 1160. The van der Waals surface area contributed by atoms with Crippen molar-refractivity contribution >= 4 is 32.7 Å². The van der Waals surface area contributed by atoms with Gasteiger partial charge in [-0.2, -0.15) is 0 Å². The zero-order chi connectivity index (χ0) is 21.8. The van der Waals surface area contributed by atoms with Gasteiger partial charge in [0.2, 0.25) is 0 Å². The lowest BCUT2D eigenvalue weighted by atomic mass is 9.95. The summed E-state index contributed by atoms with van der Waals surface area (Å²) in [5.41, 5.74) is 1.05. The Labute approximate surface area is 188 Å². The third-order valence-electron chi connectivity index (χ3n) is 5.43. The Morgan fingerprint density at radius 1 is 1.23 bits per heavy atom. The summed E-state index contributed by atoms with van der Waals surface area (Å²) in [5, 5.41) is 3.57. The molecule has 0 unspecified atom stereocenters. The number of ether oxygens (including phenoxy) is 2. The Kier molecular flexibility index (Phi) is 6.56. The molecule has 1 aliphatic rings. The number of nitrogens with zero attached hydrogens (tertiary/aromatic N) is 1. The summed E-state index contributed by atoms with van der Waals surface area (Å²) >= 11 is 3.50. The van der Waals surface area contributed by atoms with Gasteiger partial charge >= 0.3 is 0 Å². The SMILES string of the molecule is COc1cc(-c2nc3ccccc3c(=O)[nH]2)cc(Br)c1OCC(=O)NC1CCCCC1. The van der Waals surface area contributed by atoms with Gasteiger partial charge in [0.15, 0.2) is 18.1 Å². The number of H-pyrrole nitrogens is 1. The summed E-state index contributed by atoms with van der Waals surface area (Å²) in [7, 11) is 1.52. The number of methoxy groups -OCH3 is 1. The highest BCUT2D eigenvalue weighted by atomic mass is 79.9. The molecule has 1 fully saturated rings. The first-order valence-electron chi connectivity index (χ1n) is 10.3. The minimum absolute atomic E-state index is 0.101. The average molecular weight is 486 g/mol. The van der Waals surface area contributed by atoms with Gasteiger partial charge < -0.3 is 19.8 Å². The smallest absolute Gasteiger partial charge is 0.259 e. The molecule has 1 amide bonds. The summed E-state index contributed by atoms with van der Waals surface area (Å²) in [6.07, 6.45) is 5.57. The third-order valence-corrected chi connectivity index (χ3v) is 6.02. The lowest BCUT2D eigenvalue weighted by Gasteiger charge is -2.23. The first-order chi connectivity index (χ1) is 15.0. The molecule has 1 heterocycles. The molecule has 1 aliphatic carbocycles. The van der Waals surface area contributed by atoms with Crippen molar-refractivity contribution in [3.63, 3.8) is 0 Å². The third kappa shape index (κ3) is 4.90. The predicted octanol–water partition coefficient (Wildman–Crippen LogP) is 4.19. The molecule has 7 nitrogen and oxygen atoms in total. The van der Waals surface area contributed by atoms with E-state index in [1.54, 1.807) is 30.3 Å². The van der Waals surface area contributed by atoms with E-state index in [1.807, 2.05) is 6.07 Å². The molecule has 0 radical (unpaired) electrons. The number of para-hydroxylation sites is 1. The fourth-order valence-corrected chi connectivity index (χ4v) is 4.43. The highest BCUT2D eigenvalue weighted by Gasteiger charge is 2.19. The van der Waals surface area contributed by atoms with E-state index in [1.165, 1.54) is 13.5 Å². The second-order valence-electron chi connectivity index (χ2n) is 7.61. The van der Waals surface area contributed by atoms with Gasteiger partial charge in [-0.1, -0.05) is 31.4 Å². The molecule has 31 heavy (non-hydrogen) atoms. The zero-order valence-electron chi connectivity index (χ0n) is 17.2. The van der Waals surface area contributed by atoms with E-state index < -0.39 is 0 Å². The summed E-state index contributed by atoms with van der Waals surface area (Å²) in [4.78, 5) is 32.1. The molecule has 0 bridgehead atoms. The van der Waals surface area contributed by atoms with Crippen LogP contribution >= 0.6 is 15.9 Å². The van der Waals surface area contributed by atoms with Crippen molar-refractivity contribution < 1.29 is 14.3 Å². The van der Waals surface area contributed by atoms with Gasteiger partial charge in [-0.15, -0.1) is 0 Å². The van der Waals surface area contributed by atoms with Crippen molar-refractivity contribution in [3.8, 4) is 22.9 Å². The lowest BCUT2D eigenvalue weighted by Crippen LogP contribution is -2.39. The van der Waals surface area contributed by atoms with Crippen LogP contribution in [0.4, 0.5) is 0 Å². The molecule has 4 rings (SSSR count). The van der Waals surface area contributed by atoms with Crippen LogP contribution in [0.2, 0.25) is 0 Å². The second kappa shape index (κ2) is 9.51. The zero-order valence-corrected chi connectivity index (χ0v) is 18.8. The van der Waals surface area contributed by atoms with Crippen LogP contribution in [0.3, 0.4) is 0 Å². The maximum absolute atomic E-state index is 12.4. The van der Waals surface area contributed by atoms with Gasteiger partial charge in [-0.05, 0) is 53.0 Å². The fourth-order valence-electron chi connectivity index (χ4n) is 3.87. The van der Waals surface area contributed by atoms with E-state index >= 15 is 0 Å². The van der Waals surface area contributed by atoms with Crippen LogP contribution < -0.4 is 20.3 Å². The van der Waals surface area contributed by atoms with Crippen LogP contribution in [0.15, 0.2) is 45.7 Å². The molecule has 0 saturated heterocycles. The van der Waals surface area contributed by atoms with Crippen molar-refractivity contribution in [2.45, 2.75) is 38.1 Å². The predicted molar refractivity (Wildman–Crippen MR) is 123 cm³/mol. The number of hydrogen-bond acceptors (Lipinski definition) is 5. The van der Waals surface area contributed by atoms with Crippen molar-refractivity contribution in [1.29, 1.82) is 0 Å². The van der Waals surface area contributed by atoms with E-state index in [0.717, 1.165) is 25.7 Å². The molecule has 2 aromatic carbocycles. The molecule has 3 aromatic rings. The highest BCUT2D eigenvalue weighted by Crippen LogP contribution is 2.39. The van der Waals surface area contributed by atoms with Crippen LogP contribution in [-0.4, -0.2) is 35.6 Å². The number of aromatic amines is 1. The van der Waals surface area contributed by atoms with Gasteiger partial charge in [0.25, 0.3) is 11.5 Å². The van der Waals surface area contributed by atoms with Gasteiger partial charge in [0.05, 0.1) is 22.5 Å². The minimum atomic E-state index is -0.213. The van der Waals surface area contributed by atoms with Crippen LogP contribution in [0.5, 0.6) is 11.5 Å². The lowest BCUT2D eigenvalue weighted by molar-refractivity contribution is -0.124. The van der Waals surface area contributed by atoms with Crippen LogP contribution in [0.25, 0.3) is 22.3 Å². The first-order valence-corrected chi connectivity index (χ1v) is 11.1. The number of nitrogens with one attached hydrogen (secondary N) is 2. The molecule has 0 spiro atoms. The van der Waals surface area contributed by atoms with E-state index in [0.29, 0.717) is 38.3 Å². The monoisotopic (exact) mass is 485 g/mol. The summed E-state index contributed by atoms with van der Waals surface area (Å²) in [5.74, 6) is 1.13. The molecule has 1 aromatic heterocycles. The molecular weight excluding hydrogens is 462 g/mol. The van der Waals surface area contributed by atoms with E-state index in [2.05, 4.69) is 31.2 Å². The summed E-state index contributed by atoms with van der Waals surface area (Å²) < 4.78 is 11.9. The molecule has 2 N–H and O–H groups in total. The standard InChI is InChI=1S/C23H24BrN3O4/c1-30-19-12-14(22-26-18-10-6-5-9-16(18)23(29)27-22)11-17(24)21(19)31-13-20(28)25-15-7-3-2-4-8-15/h5-6,9-12,15H,2-4,7-8,13H2,1H3,(H,25,28)(H,26,27,29). The molecule has 0 atom stereocenters.